The van der Waals surface area contributed by atoms with E-state index in [1.807, 2.05) is 46.9 Å². The number of rotatable bonds is 5. The molecule has 0 atom stereocenters. The van der Waals surface area contributed by atoms with Gasteiger partial charge in [0.05, 0.1) is 9.78 Å². The molecule has 0 saturated carbocycles. The van der Waals surface area contributed by atoms with Crippen LogP contribution in [0.5, 0.6) is 11.5 Å². The van der Waals surface area contributed by atoms with Gasteiger partial charge in [-0.2, -0.15) is 5.10 Å². The van der Waals surface area contributed by atoms with Crippen molar-refractivity contribution in [3.8, 4) is 11.5 Å². The minimum Gasteiger partial charge on any atom is -0.506 e. The van der Waals surface area contributed by atoms with Gasteiger partial charge in [0.2, 0.25) is 0 Å². The lowest BCUT2D eigenvalue weighted by Crippen LogP contribution is -2.24. The second-order valence-corrected chi connectivity index (χ2v) is 7.32. The predicted molar refractivity (Wildman–Crippen MR) is 111 cm³/mol. The van der Waals surface area contributed by atoms with Crippen LogP contribution in [-0.2, 0) is 4.79 Å². The van der Waals surface area contributed by atoms with Crippen molar-refractivity contribution in [2.75, 3.05) is 6.61 Å². The van der Waals surface area contributed by atoms with E-state index in [2.05, 4.69) is 31.4 Å². The second-order valence-electron chi connectivity index (χ2n) is 5.24. The summed E-state index contributed by atoms with van der Waals surface area (Å²) in [6.07, 6.45) is 3.05. The van der Waals surface area contributed by atoms with E-state index in [0.717, 1.165) is 9.86 Å². The number of nitrogens with one attached hydrogen (secondary N) is 1. The molecule has 1 heterocycles. The van der Waals surface area contributed by atoms with Crippen LogP contribution in [0.3, 0.4) is 0 Å². The average Bonchev–Trinajstić information content (AvgIpc) is 2.63. The van der Waals surface area contributed by atoms with E-state index < -0.39 is 5.91 Å². The minimum atomic E-state index is -0.418. The Morgan fingerprint density at radius 3 is 3.00 bits per heavy atom. The summed E-state index contributed by atoms with van der Waals surface area (Å²) in [7, 11) is 0. The standard InChI is InChI=1S/C18H13BrIN3O3/c19-13-7-12(18(25)14(20)8-13)9-22-23-16(24)10-26-15-5-1-3-11-4-2-6-21-17(11)15/h1-9,25H,10H2,(H,23,24)/b22-9-. The maximum absolute atomic E-state index is 11.9. The van der Waals surface area contributed by atoms with E-state index in [9.17, 15) is 9.90 Å². The number of carbonyl (C=O) groups excluding carboxylic acids is 1. The van der Waals surface area contributed by atoms with Gasteiger partial charge in [0, 0.05) is 21.6 Å². The zero-order valence-electron chi connectivity index (χ0n) is 13.3. The number of phenolic OH excluding ortho intramolecular Hbond substituents is 1. The Bertz CT molecular complexity index is 989. The lowest BCUT2D eigenvalue weighted by atomic mass is 10.2. The van der Waals surface area contributed by atoms with E-state index in [-0.39, 0.29) is 12.4 Å². The Morgan fingerprint density at radius 2 is 2.15 bits per heavy atom. The van der Waals surface area contributed by atoms with Crippen molar-refractivity contribution in [2.45, 2.75) is 0 Å². The zero-order chi connectivity index (χ0) is 18.5. The summed E-state index contributed by atoms with van der Waals surface area (Å²) in [5.74, 6) is 0.213. The number of hydrogen-bond donors (Lipinski definition) is 2. The number of carbonyl (C=O) groups is 1. The van der Waals surface area contributed by atoms with Gasteiger partial charge >= 0.3 is 0 Å². The number of benzene rings is 2. The van der Waals surface area contributed by atoms with Crippen molar-refractivity contribution < 1.29 is 14.6 Å². The number of fused-ring (bicyclic) bond motifs is 1. The van der Waals surface area contributed by atoms with Gasteiger partial charge in [-0.05, 0) is 46.9 Å². The SMILES string of the molecule is O=C(COc1cccc2cccnc12)N/N=C\c1cc(Br)cc(I)c1O. The molecule has 26 heavy (non-hydrogen) atoms. The van der Waals surface area contributed by atoms with Gasteiger partial charge in [0.1, 0.15) is 17.0 Å². The monoisotopic (exact) mass is 525 g/mol. The van der Waals surface area contributed by atoms with E-state index in [1.54, 1.807) is 24.4 Å². The summed E-state index contributed by atoms with van der Waals surface area (Å²) in [5, 5.41) is 14.8. The molecule has 3 rings (SSSR count). The summed E-state index contributed by atoms with van der Waals surface area (Å²) in [4.78, 5) is 16.2. The Morgan fingerprint density at radius 1 is 1.35 bits per heavy atom. The highest BCUT2D eigenvalue weighted by atomic mass is 127. The number of hydrazone groups is 1. The van der Waals surface area contributed by atoms with Crippen LogP contribution in [0.25, 0.3) is 10.9 Å². The van der Waals surface area contributed by atoms with Gasteiger partial charge in [0.25, 0.3) is 5.91 Å². The maximum Gasteiger partial charge on any atom is 0.277 e. The normalized spacial score (nSPS) is 11.0. The van der Waals surface area contributed by atoms with Crippen molar-refractivity contribution in [1.29, 1.82) is 0 Å². The van der Waals surface area contributed by atoms with Crippen LogP contribution in [-0.4, -0.2) is 28.8 Å². The Hall–Kier alpha value is -2.20. The highest BCUT2D eigenvalue weighted by Crippen LogP contribution is 2.27. The van der Waals surface area contributed by atoms with Crippen LogP contribution < -0.4 is 10.2 Å². The Balaban J connectivity index is 1.61. The lowest BCUT2D eigenvalue weighted by molar-refractivity contribution is -0.123. The Kier molecular flexibility index (Phi) is 6.04. The molecular weight excluding hydrogens is 513 g/mol. The number of pyridine rings is 1. The molecule has 0 saturated heterocycles. The molecule has 8 heteroatoms. The van der Waals surface area contributed by atoms with Crippen LogP contribution in [0, 0.1) is 3.57 Å². The number of aromatic hydroxyl groups is 1. The summed E-state index contributed by atoms with van der Waals surface area (Å²) in [6, 6.07) is 12.8. The van der Waals surface area contributed by atoms with E-state index in [1.165, 1.54) is 6.21 Å². The number of amides is 1. The summed E-state index contributed by atoms with van der Waals surface area (Å²) >= 11 is 5.36. The third-order valence-electron chi connectivity index (χ3n) is 3.41. The van der Waals surface area contributed by atoms with Crippen molar-refractivity contribution in [3.63, 3.8) is 0 Å². The fourth-order valence-electron chi connectivity index (χ4n) is 2.23. The molecule has 0 aliphatic heterocycles. The smallest absolute Gasteiger partial charge is 0.277 e. The lowest BCUT2D eigenvalue weighted by Gasteiger charge is -2.07. The number of ether oxygens (including phenoxy) is 1. The molecular formula is C18H13BrIN3O3. The summed E-state index contributed by atoms with van der Waals surface area (Å²) in [5.41, 5.74) is 3.56. The molecule has 2 N–H and O–H groups in total. The van der Waals surface area contributed by atoms with Crippen molar-refractivity contribution in [1.82, 2.24) is 10.4 Å². The first-order chi connectivity index (χ1) is 12.5. The van der Waals surface area contributed by atoms with Gasteiger partial charge in [-0.15, -0.1) is 0 Å². The molecule has 1 aromatic heterocycles. The third-order valence-corrected chi connectivity index (χ3v) is 4.69. The van der Waals surface area contributed by atoms with Crippen LogP contribution in [0.4, 0.5) is 0 Å². The van der Waals surface area contributed by atoms with E-state index in [4.69, 9.17) is 4.74 Å². The van der Waals surface area contributed by atoms with Gasteiger partial charge in [-0.3, -0.25) is 9.78 Å². The zero-order valence-corrected chi connectivity index (χ0v) is 17.1. The first-order valence-electron chi connectivity index (χ1n) is 7.51. The van der Waals surface area contributed by atoms with Crippen LogP contribution in [0.2, 0.25) is 0 Å². The van der Waals surface area contributed by atoms with Crippen molar-refractivity contribution >= 4 is 61.5 Å². The second kappa shape index (κ2) is 8.45. The molecule has 1 amide bonds. The predicted octanol–water partition coefficient (Wildman–Crippen LogP) is 3.84. The number of nitrogens with zero attached hydrogens (tertiary/aromatic N) is 2. The number of halogens is 2. The molecule has 0 spiro atoms. The average molecular weight is 526 g/mol. The van der Waals surface area contributed by atoms with E-state index >= 15 is 0 Å². The molecule has 0 fully saturated rings. The van der Waals surface area contributed by atoms with Crippen molar-refractivity contribution in [3.05, 3.63) is 62.3 Å². The molecule has 132 valence electrons. The Labute approximate surface area is 171 Å². The summed E-state index contributed by atoms with van der Waals surface area (Å²) in [6.45, 7) is -0.199. The fourth-order valence-corrected chi connectivity index (χ4v) is 3.78. The summed E-state index contributed by atoms with van der Waals surface area (Å²) < 4.78 is 7.02. The molecule has 0 unspecified atom stereocenters. The third kappa shape index (κ3) is 4.50. The van der Waals surface area contributed by atoms with Gasteiger partial charge in [-0.25, -0.2) is 5.43 Å². The highest BCUT2D eigenvalue weighted by molar-refractivity contribution is 14.1. The van der Waals surface area contributed by atoms with Gasteiger partial charge in [-0.1, -0.05) is 34.1 Å². The first-order valence-corrected chi connectivity index (χ1v) is 9.38. The quantitative estimate of drug-likeness (QED) is 0.301. The molecule has 6 nitrogen and oxygen atoms in total. The topological polar surface area (TPSA) is 83.8 Å². The van der Waals surface area contributed by atoms with Crippen LogP contribution >= 0.6 is 38.5 Å². The number of para-hydroxylation sites is 1. The molecule has 0 aliphatic carbocycles. The maximum atomic E-state index is 11.9. The highest BCUT2D eigenvalue weighted by Gasteiger charge is 2.07. The number of hydrogen-bond acceptors (Lipinski definition) is 5. The fraction of sp³-hybridized carbons (Fsp3) is 0.0556. The van der Waals surface area contributed by atoms with Crippen LogP contribution in [0.15, 0.2) is 58.2 Å². The number of phenols is 1. The molecule has 0 aliphatic rings. The van der Waals surface area contributed by atoms with E-state index in [0.29, 0.717) is 20.4 Å². The molecule has 3 aromatic rings. The number of aromatic nitrogens is 1. The largest absolute Gasteiger partial charge is 0.506 e. The molecule has 0 bridgehead atoms. The van der Waals surface area contributed by atoms with Gasteiger partial charge < -0.3 is 9.84 Å². The van der Waals surface area contributed by atoms with Crippen LogP contribution in [0.1, 0.15) is 5.56 Å². The van der Waals surface area contributed by atoms with Crippen molar-refractivity contribution in [2.24, 2.45) is 5.10 Å². The minimum absolute atomic E-state index is 0.102. The van der Waals surface area contributed by atoms with Gasteiger partial charge in [0.15, 0.2) is 6.61 Å². The molecule has 2 aromatic carbocycles. The first kappa shape index (κ1) is 18.6. The molecule has 0 radical (unpaired) electrons.